The molecule has 0 aliphatic carbocycles. The molecule has 1 fully saturated rings. The second-order valence-electron chi connectivity index (χ2n) is 6.21. The van der Waals surface area contributed by atoms with Crippen molar-refractivity contribution in [2.75, 3.05) is 13.1 Å². The number of piperidine rings is 1. The zero-order valence-electron chi connectivity index (χ0n) is 13.9. The molecule has 1 aromatic heterocycles. The first kappa shape index (κ1) is 16.3. The number of aliphatic imine (C=N–C) groups is 1. The number of rotatable bonds is 4. The summed E-state index contributed by atoms with van der Waals surface area (Å²) in [6.45, 7) is 3.20. The van der Waals surface area contributed by atoms with Crippen molar-refractivity contribution in [1.82, 2.24) is 9.47 Å². The standard InChI is InChI=1S/C19H24N4O/c20-19(22-11-3-1-4-12-22)21-14-16-7-9-17(10-8-16)15-23-13-5-2-6-18(23)24/h2,5-10,13H,1,3-4,11-12,14-15H2,(H2,20,21). The van der Waals surface area contributed by atoms with Crippen LogP contribution in [0.2, 0.25) is 0 Å². The number of aromatic nitrogens is 1. The summed E-state index contributed by atoms with van der Waals surface area (Å²) in [6, 6.07) is 13.4. The zero-order valence-corrected chi connectivity index (χ0v) is 13.9. The fourth-order valence-corrected chi connectivity index (χ4v) is 2.93. The number of guanidine groups is 1. The van der Waals surface area contributed by atoms with E-state index in [1.807, 2.05) is 18.2 Å². The normalized spacial score (nSPS) is 15.5. The summed E-state index contributed by atoms with van der Waals surface area (Å²) < 4.78 is 1.70. The van der Waals surface area contributed by atoms with Gasteiger partial charge in [0.1, 0.15) is 0 Å². The number of likely N-dealkylation sites (tertiary alicyclic amines) is 1. The van der Waals surface area contributed by atoms with Crippen molar-refractivity contribution >= 4 is 5.96 Å². The van der Waals surface area contributed by atoms with Crippen LogP contribution in [0.25, 0.3) is 0 Å². The van der Waals surface area contributed by atoms with Crippen LogP contribution in [-0.4, -0.2) is 28.5 Å². The minimum atomic E-state index is 0.0143. The Morgan fingerprint density at radius 1 is 1.00 bits per heavy atom. The van der Waals surface area contributed by atoms with Crippen LogP contribution in [0.3, 0.4) is 0 Å². The number of hydrogen-bond donors (Lipinski definition) is 1. The Labute approximate surface area is 142 Å². The average Bonchev–Trinajstić information content (AvgIpc) is 2.63. The topological polar surface area (TPSA) is 63.6 Å². The Bertz CT molecular complexity index is 742. The molecule has 126 valence electrons. The van der Waals surface area contributed by atoms with Crippen molar-refractivity contribution in [2.24, 2.45) is 10.7 Å². The Morgan fingerprint density at radius 2 is 1.71 bits per heavy atom. The molecule has 2 heterocycles. The van der Waals surface area contributed by atoms with E-state index >= 15 is 0 Å². The molecule has 0 atom stereocenters. The molecule has 24 heavy (non-hydrogen) atoms. The lowest BCUT2D eigenvalue weighted by atomic mass is 10.1. The van der Waals surface area contributed by atoms with Gasteiger partial charge in [0.05, 0.1) is 13.1 Å². The van der Waals surface area contributed by atoms with Gasteiger partial charge in [-0.1, -0.05) is 30.3 Å². The monoisotopic (exact) mass is 324 g/mol. The van der Waals surface area contributed by atoms with Gasteiger partial charge in [-0.15, -0.1) is 0 Å². The molecule has 2 N–H and O–H groups in total. The molecule has 0 radical (unpaired) electrons. The number of nitrogens with two attached hydrogens (primary N) is 1. The predicted octanol–water partition coefficient (Wildman–Crippen LogP) is 2.20. The third-order valence-corrected chi connectivity index (χ3v) is 4.38. The van der Waals surface area contributed by atoms with Gasteiger partial charge in [0, 0.05) is 25.4 Å². The highest BCUT2D eigenvalue weighted by molar-refractivity contribution is 5.78. The van der Waals surface area contributed by atoms with Gasteiger partial charge in [-0.25, -0.2) is 4.99 Å². The highest BCUT2D eigenvalue weighted by Gasteiger charge is 2.11. The van der Waals surface area contributed by atoms with Crippen molar-refractivity contribution in [2.45, 2.75) is 32.4 Å². The Hall–Kier alpha value is -2.56. The van der Waals surface area contributed by atoms with Gasteiger partial charge >= 0.3 is 0 Å². The van der Waals surface area contributed by atoms with Crippen LogP contribution in [0.15, 0.2) is 58.4 Å². The smallest absolute Gasteiger partial charge is 0.250 e. The first-order chi connectivity index (χ1) is 11.7. The third-order valence-electron chi connectivity index (χ3n) is 4.38. The number of hydrogen-bond acceptors (Lipinski definition) is 2. The molecule has 1 aliphatic rings. The highest BCUT2D eigenvalue weighted by atomic mass is 16.1. The predicted molar refractivity (Wildman–Crippen MR) is 97.0 cm³/mol. The molecule has 2 aromatic rings. The summed E-state index contributed by atoms with van der Waals surface area (Å²) in [7, 11) is 0. The fourth-order valence-electron chi connectivity index (χ4n) is 2.93. The molecule has 1 aromatic carbocycles. The van der Waals surface area contributed by atoms with E-state index < -0.39 is 0 Å². The van der Waals surface area contributed by atoms with Crippen LogP contribution in [0.5, 0.6) is 0 Å². The van der Waals surface area contributed by atoms with Gasteiger partial charge in [-0.3, -0.25) is 4.79 Å². The van der Waals surface area contributed by atoms with Crippen LogP contribution in [-0.2, 0) is 13.1 Å². The number of nitrogens with zero attached hydrogens (tertiary/aromatic N) is 3. The van der Waals surface area contributed by atoms with E-state index in [1.54, 1.807) is 22.9 Å². The van der Waals surface area contributed by atoms with E-state index in [0.717, 1.165) is 24.2 Å². The van der Waals surface area contributed by atoms with E-state index in [9.17, 15) is 4.79 Å². The second kappa shape index (κ2) is 7.81. The average molecular weight is 324 g/mol. The van der Waals surface area contributed by atoms with E-state index in [2.05, 4.69) is 22.0 Å². The summed E-state index contributed by atoms with van der Waals surface area (Å²) >= 11 is 0. The van der Waals surface area contributed by atoms with Gasteiger partial charge in [-0.2, -0.15) is 0 Å². The second-order valence-corrected chi connectivity index (χ2v) is 6.21. The molecule has 0 amide bonds. The molecule has 0 unspecified atom stereocenters. The first-order valence-electron chi connectivity index (χ1n) is 8.50. The van der Waals surface area contributed by atoms with E-state index in [-0.39, 0.29) is 5.56 Å². The molecule has 1 aliphatic heterocycles. The van der Waals surface area contributed by atoms with Crippen LogP contribution < -0.4 is 11.3 Å². The largest absolute Gasteiger partial charge is 0.370 e. The van der Waals surface area contributed by atoms with Crippen molar-refractivity contribution < 1.29 is 0 Å². The summed E-state index contributed by atoms with van der Waals surface area (Å²) in [5, 5.41) is 0. The summed E-state index contributed by atoms with van der Waals surface area (Å²) in [6.07, 6.45) is 5.49. The number of benzene rings is 1. The van der Waals surface area contributed by atoms with Crippen LogP contribution in [0.1, 0.15) is 30.4 Å². The molecular formula is C19H24N4O. The maximum atomic E-state index is 11.7. The molecule has 5 nitrogen and oxygen atoms in total. The first-order valence-corrected chi connectivity index (χ1v) is 8.50. The minimum Gasteiger partial charge on any atom is -0.370 e. The maximum absolute atomic E-state index is 11.7. The molecule has 3 rings (SSSR count). The highest BCUT2D eigenvalue weighted by Crippen LogP contribution is 2.10. The lowest BCUT2D eigenvalue weighted by Crippen LogP contribution is -2.40. The third kappa shape index (κ3) is 4.25. The molecule has 0 bridgehead atoms. The van der Waals surface area contributed by atoms with Crippen molar-refractivity contribution in [1.29, 1.82) is 0 Å². The van der Waals surface area contributed by atoms with Crippen molar-refractivity contribution in [3.63, 3.8) is 0 Å². The molecule has 0 spiro atoms. The minimum absolute atomic E-state index is 0.0143. The molecule has 1 saturated heterocycles. The molecule has 5 heteroatoms. The van der Waals surface area contributed by atoms with Gasteiger partial charge in [-0.05, 0) is 36.5 Å². The van der Waals surface area contributed by atoms with Gasteiger partial charge < -0.3 is 15.2 Å². The van der Waals surface area contributed by atoms with Crippen molar-refractivity contribution in [3.8, 4) is 0 Å². The lowest BCUT2D eigenvalue weighted by Gasteiger charge is -2.27. The Balaban J connectivity index is 1.60. The van der Waals surface area contributed by atoms with Crippen LogP contribution in [0.4, 0.5) is 0 Å². The molecular weight excluding hydrogens is 300 g/mol. The van der Waals surface area contributed by atoms with Crippen LogP contribution >= 0.6 is 0 Å². The Kier molecular flexibility index (Phi) is 5.31. The van der Waals surface area contributed by atoms with E-state index in [0.29, 0.717) is 19.0 Å². The SMILES string of the molecule is NC(=NCc1ccc(Cn2ccccc2=O)cc1)N1CCCCC1. The maximum Gasteiger partial charge on any atom is 0.250 e. The van der Waals surface area contributed by atoms with Gasteiger partial charge in [0.15, 0.2) is 5.96 Å². The van der Waals surface area contributed by atoms with Gasteiger partial charge in [0.25, 0.3) is 5.56 Å². The van der Waals surface area contributed by atoms with E-state index in [1.165, 1.54) is 19.3 Å². The molecule has 0 saturated carbocycles. The quantitative estimate of drug-likeness (QED) is 0.693. The number of pyridine rings is 1. The summed E-state index contributed by atoms with van der Waals surface area (Å²) in [5.41, 5.74) is 8.32. The summed E-state index contributed by atoms with van der Waals surface area (Å²) in [4.78, 5) is 18.4. The summed E-state index contributed by atoms with van der Waals surface area (Å²) in [5.74, 6) is 0.648. The Morgan fingerprint density at radius 3 is 2.42 bits per heavy atom. The van der Waals surface area contributed by atoms with Gasteiger partial charge in [0.2, 0.25) is 0 Å². The fraction of sp³-hybridized carbons (Fsp3) is 0.368. The zero-order chi connectivity index (χ0) is 16.8. The van der Waals surface area contributed by atoms with Crippen molar-refractivity contribution in [3.05, 3.63) is 70.1 Å². The lowest BCUT2D eigenvalue weighted by molar-refractivity contribution is 0.338. The van der Waals surface area contributed by atoms with E-state index in [4.69, 9.17) is 5.73 Å². The van der Waals surface area contributed by atoms with Crippen LogP contribution in [0, 0.1) is 0 Å².